The quantitative estimate of drug-likeness (QED) is 0.119. The molecule has 2 amide bonds. The molecule has 2 aliphatic rings. The number of carbonyl (C=O) groups excluding carboxylic acids is 2. The van der Waals surface area contributed by atoms with Crippen LogP contribution < -0.4 is 20.3 Å². The van der Waals surface area contributed by atoms with E-state index in [9.17, 15) is 14.7 Å². The number of hydrogen-bond acceptors (Lipinski definition) is 9. The molecular formula is C35H43N3O8. The lowest BCUT2D eigenvalue weighted by molar-refractivity contribution is -0.253. The molecule has 2 aliphatic heterocycles. The molecular weight excluding hydrogens is 590 g/mol. The molecule has 1 saturated heterocycles. The molecule has 0 aromatic heterocycles. The highest BCUT2D eigenvalue weighted by Gasteiger charge is 2.34. The fourth-order valence-electron chi connectivity index (χ4n) is 6.03. The zero-order valence-electron chi connectivity index (χ0n) is 26.4. The number of amides is 2. The molecule has 46 heavy (non-hydrogen) atoms. The lowest BCUT2D eigenvalue weighted by Gasteiger charge is -2.39. The minimum atomic E-state index is -0.656. The Morgan fingerprint density at radius 3 is 2.33 bits per heavy atom. The van der Waals surface area contributed by atoms with E-state index in [1.165, 1.54) is 11.1 Å². The van der Waals surface area contributed by atoms with Crippen molar-refractivity contribution in [2.24, 2.45) is 0 Å². The summed E-state index contributed by atoms with van der Waals surface area (Å²) in [4.78, 5) is 26.2. The molecule has 3 aromatic carbocycles. The topological polar surface area (TPSA) is 139 Å². The van der Waals surface area contributed by atoms with Crippen molar-refractivity contribution in [3.05, 3.63) is 88.5 Å². The molecule has 2 heterocycles. The van der Waals surface area contributed by atoms with Gasteiger partial charge in [-0.15, -0.1) is 0 Å². The van der Waals surface area contributed by atoms with Gasteiger partial charge in [-0.3, -0.25) is 19.7 Å². The minimum Gasteiger partial charge on any atom is -0.493 e. The number of carbonyl (C=O) groups is 2. The first-order chi connectivity index (χ1) is 22.4. The van der Waals surface area contributed by atoms with E-state index < -0.39 is 12.2 Å². The van der Waals surface area contributed by atoms with Gasteiger partial charge in [0, 0.05) is 50.1 Å². The number of aliphatic hydroxyl groups is 1. The molecule has 0 aliphatic carbocycles. The van der Waals surface area contributed by atoms with E-state index in [2.05, 4.69) is 22.3 Å². The number of anilines is 1. The average Bonchev–Trinajstić information content (AvgIpc) is 3.09. The number of rotatable bonds is 13. The van der Waals surface area contributed by atoms with Crippen LogP contribution in [0.3, 0.4) is 0 Å². The predicted molar refractivity (Wildman–Crippen MR) is 170 cm³/mol. The predicted octanol–water partition coefficient (Wildman–Crippen LogP) is 4.80. The smallest absolute Gasteiger partial charge is 0.243 e. The zero-order valence-corrected chi connectivity index (χ0v) is 26.4. The van der Waals surface area contributed by atoms with Crippen LogP contribution in [0.15, 0.2) is 60.7 Å². The van der Waals surface area contributed by atoms with Gasteiger partial charge in [0.15, 0.2) is 17.8 Å². The Bertz CT molecular complexity index is 1480. The van der Waals surface area contributed by atoms with Gasteiger partial charge in [-0.25, -0.2) is 5.48 Å². The molecule has 5 rings (SSSR count). The second-order valence-electron chi connectivity index (χ2n) is 11.7. The van der Waals surface area contributed by atoms with Gasteiger partial charge in [0.1, 0.15) is 0 Å². The number of nitrogens with one attached hydrogen (secondary N) is 2. The maximum Gasteiger partial charge on any atom is 0.243 e. The van der Waals surface area contributed by atoms with Gasteiger partial charge < -0.3 is 29.4 Å². The van der Waals surface area contributed by atoms with Crippen LogP contribution in [0.5, 0.6) is 11.5 Å². The summed E-state index contributed by atoms with van der Waals surface area (Å²) < 4.78 is 24.2. The molecule has 0 radical (unpaired) electrons. The number of ether oxygens (including phenoxy) is 4. The van der Waals surface area contributed by atoms with Crippen molar-refractivity contribution < 1.29 is 38.9 Å². The molecule has 0 unspecified atom stereocenters. The van der Waals surface area contributed by atoms with Gasteiger partial charge in [0.05, 0.1) is 33.0 Å². The highest BCUT2D eigenvalue weighted by molar-refractivity contribution is 5.90. The summed E-state index contributed by atoms with van der Waals surface area (Å²) in [6.07, 6.45) is 1.98. The van der Waals surface area contributed by atoms with Crippen LogP contribution in [0, 0.1) is 0 Å². The summed E-state index contributed by atoms with van der Waals surface area (Å²) in [7, 11) is 3.30. The molecule has 0 spiro atoms. The van der Waals surface area contributed by atoms with Gasteiger partial charge in [-0.2, -0.15) is 0 Å². The number of fused-ring (bicyclic) bond motifs is 1. The zero-order chi connectivity index (χ0) is 32.5. The normalized spacial score (nSPS) is 19.6. The van der Waals surface area contributed by atoms with Gasteiger partial charge in [0.25, 0.3) is 0 Å². The molecule has 3 atom stereocenters. The van der Waals surface area contributed by atoms with Gasteiger partial charge in [0.2, 0.25) is 11.8 Å². The molecule has 0 saturated carbocycles. The lowest BCUT2D eigenvalue weighted by Crippen LogP contribution is -2.41. The first kappa shape index (κ1) is 33.4. The summed E-state index contributed by atoms with van der Waals surface area (Å²) in [5.74, 6) is 0.836. The summed E-state index contributed by atoms with van der Waals surface area (Å²) in [6, 6.07) is 19.4. The average molecular weight is 634 g/mol. The van der Waals surface area contributed by atoms with Crippen molar-refractivity contribution >= 4 is 17.5 Å². The Kier molecular flexibility index (Phi) is 11.6. The van der Waals surface area contributed by atoms with E-state index in [1.54, 1.807) is 19.7 Å². The third-order valence-corrected chi connectivity index (χ3v) is 8.50. The minimum absolute atomic E-state index is 0.0240. The summed E-state index contributed by atoms with van der Waals surface area (Å²) in [5, 5.41) is 21.1. The van der Waals surface area contributed by atoms with Crippen LogP contribution in [0.1, 0.15) is 72.3 Å². The highest BCUT2D eigenvalue weighted by atomic mass is 16.7. The van der Waals surface area contributed by atoms with Crippen LogP contribution >= 0.6 is 0 Å². The Morgan fingerprint density at radius 2 is 1.63 bits per heavy atom. The van der Waals surface area contributed by atoms with Crippen LogP contribution in [0.4, 0.5) is 5.69 Å². The third kappa shape index (κ3) is 8.62. The number of nitrogens with zero attached hydrogens (tertiary/aromatic N) is 1. The molecule has 0 bridgehead atoms. The molecule has 1 fully saturated rings. The second kappa shape index (κ2) is 16.0. The lowest BCUT2D eigenvalue weighted by atomic mass is 9.97. The van der Waals surface area contributed by atoms with E-state index in [0.29, 0.717) is 31.5 Å². The van der Waals surface area contributed by atoms with E-state index in [-0.39, 0.29) is 37.6 Å². The van der Waals surface area contributed by atoms with Crippen molar-refractivity contribution in [3.8, 4) is 11.5 Å². The number of aliphatic hydroxyl groups excluding tert-OH is 1. The molecule has 246 valence electrons. The number of hydrogen-bond donors (Lipinski definition) is 4. The second-order valence-corrected chi connectivity index (χ2v) is 11.7. The SMILES string of the molecule is COc1cc2c(cc1OC)CN(C[C@H]1C[C@@H](c3ccc(CO)cc3)O[C@@H](c3cccc(NC(=O)CCCCC(=O)NO)c3)O1)CC2. The summed E-state index contributed by atoms with van der Waals surface area (Å²) in [6.45, 7) is 2.34. The fourth-order valence-corrected chi connectivity index (χ4v) is 6.03. The van der Waals surface area contributed by atoms with Gasteiger partial charge >= 0.3 is 0 Å². The van der Waals surface area contributed by atoms with Crippen molar-refractivity contribution in [3.63, 3.8) is 0 Å². The van der Waals surface area contributed by atoms with Crippen molar-refractivity contribution in [2.45, 2.75) is 70.2 Å². The maximum atomic E-state index is 12.6. The van der Waals surface area contributed by atoms with Gasteiger partial charge in [-0.05, 0) is 65.8 Å². The summed E-state index contributed by atoms with van der Waals surface area (Å²) >= 11 is 0. The van der Waals surface area contributed by atoms with E-state index in [1.807, 2.05) is 48.5 Å². The summed E-state index contributed by atoms with van der Waals surface area (Å²) in [5.41, 5.74) is 7.34. The van der Waals surface area contributed by atoms with Crippen LogP contribution in [0.25, 0.3) is 0 Å². The standard InChI is InChI=1S/C35H43N3O8/c1-43-31-17-25-14-15-38(20-27(25)18-32(31)44-2)21-29-19-30(24-12-10-23(22-39)11-13-24)46-35(45-29)26-6-5-7-28(16-26)36-33(40)8-3-4-9-34(41)37-42/h5-7,10-13,16-18,29-30,35,39,42H,3-4,8-9,14-15,19-22H2,1-2H3,(H,36,40)(H,37,41)/t29-,30+,35+/m1/s1. The monoisotopic (exact) mass is 633 g/mol. The largest absolute Gasteiger partial charge is 0.493 e. The van der Waals surface area contributed by atoms with E-state index in [0.717, 1.165) is 47.7 Å². The number of unbranched alkanes of at least 4 members (excludes halogenated alkanes) is 1. The van der Waals surface area contributed by atoms with Crippen molar-refractivity contribution in [1.82, 2.24) is 10.4 Å². The van der Waals surface area contributed by atoms with Crippen molar-refractivity contribution in [1.29, 1.82) is 0 Å². The maximum absolute atomic E-state index is 12.6. The van der Waals surface area contributed by atoms with Crippen molar-refractivity contribution in [2.75, 3.05) is 32.6 Å². The first-order valence-corrected chi connectivity index (χ1v) is 15.7. The van der Waals surface area contributed by atoms with Gasteiger partial charge in [-0.1, -0.05) is 36.4 Å². The number of benzene rings is 3. The molecule has 11 heteroatoms. The Balaban J connectivity index is 1.29. The van der Waals surface area contributed by atoms with Crippen LogP contribution in [0.2, 0.25) is 0 Å². The van der Waals surface area contributed by atoms with E-state index in [4.69, 9.17) is 24.2 Å². The molecule has 11 nitrogen and oxygen atoms in total. The van der Waals surface area contributed by atoms with Crippen LogP contribution in [-0.4, -0.2) is 60.4 Å². The fraction of sp³-hybridized carbons (Fsp3) is 0.429. The highest BCUT2D eigenvalue weighted by Crippen LogP contribution is 2.39. The Hall–Kier alpha value is -4.00. The Labute approximate surface area is 269 Å². The molecule has 4 N–H and O–H groups in total. The first-order valence-electron chi connectivity index (χ1n) is 15.7. The molecule has 3 aromatic rings. The van der Waals surface area contributed by atoms with E-state index >= 15 is 0 Å². The number of methoxy groups -OCH3 is 2. The number of hydroxylamine groups is 1. The van der Waals surface area contributed by atoms with Crippen LogP contribution in [-0.2, 0) is 38.6 Å². The Morgan fingerprint density at radius 1 is 0.913 bits per heavy atom. The third-order valence-electron chi connectivity index (χ3n) is 8.50.